The summed E-state index contributed by atoms with van der Waals surface area (Å²) < 4.78 is 9.77. The van der Waals surface area contributed by atoms with Crippen molar-refractivity contribution < 1.29 is 19.2 Å². The number of rotatable bonds is 6. The maximum atomic E-state index is 11.5. The highest BCUT2D eigenvalue weighted by Gasteiger charge is 2.14. The Morgan fingerprint density at radius 2 is 2.26 bits per heavy atom. The van der Waals surface area contributed by atoms with Crippen LogP contribution in [0, 0.1) is 10.1 Å². The molecule has 0 aromatic heterocycles. The Bertz CT molecular complexity index is 499. The number of nitro groups is 1. The molecule has 0 fully saturated rings. The molecule has 0 bridgehead atoms. The summed E-state index contributed by atoms with van der Waals surface area (Å²) in [7, 11) is 1.32. The van der Waals surface area contributed by atoms with E-state index >= 15 is 0 Å². The Hall–Kier alpha value is -2.57. The van der Waals surface area contributed by atoms with Gasteiger partial charge < -0.3 is 14.8 Å². The quantitative estimate of drug-likeness (QED) is 0.368. The van der Waals surface area contributed by atoms with Gasteiger partial charge >= 0.3 is 5.69 Å². The van der Waals surface area contributed by atoms with E-state index in [0.717, 1.165) is 0 Å². The van der Waals surface area contributed by atoms with Crippen molar-refractivity contribution in [2.75, 3.05) is 19.0 Å². The van der Waals surface area contributed by atoms with E-state index in [-0.39, 0.29) is 11.4 Å². The standard InChI is InChI=1S/C12H14N2O5/c1-3-19-7-6-12(15)13-9-4-5-10(14(16)17)11(8-9)18-2/h4-8H,3H2,1-2H3,(H,13,15). The van der Waals surface area contributed by atoms with E-state index in [4.69, 9.17) is 9.47 Å². The van der Waals surface area contributed by atoms with Crippen LogP contribution in [0.1, 0.15) is 6.92 Å². The second kappa shape index (κ2) is 7.00. The van der Waals surface area contributed by atoms with Gasteiger partial charge in [0, 0.05) is 23.9 Å². The van der Waals surface area contributed by atoms with Crippen molar-refractivity contribution in [1.29, 1.82) is 0 Å². The van der Waals surface area contributed by atoms with Crippen molar-refractivity contribution in [3.63, 3.8) is 0 Å². The zero-order chi connectivity index (χ0) is 14.3. The first kappa shape index (κ1) is 14.5. The first-order chi connectivity index (χ1) is 9.08. The van der Waals surface area contributed by atoms with Gasteiger partial charge in [0.05, 0.1) is 24.9 Å². The fourth-order valence-corrected chi connectivity index (χ4v) is 1.30. The molecule has 0 aliphatic carbocycles. The SMILES string of the molecule is CCOC=CC(=O)Nc1ccc([N+](=O)[O-])c(OC)c1. The van der Waals surface area contributed by atoms with Gasteiger partial charge in [0.2, 0.25) is 0 Å². The van der Waals surface area contributed by atoms with Crippen LogP contribution in [-0.4, -0.2) is 24.5 Å². The first-order valence-corrected chi connectivity index (χ1v) is 5.50. The van der Waals surface area contributed by atoms with Crippen LogP contribution in [0.3, 0.4) is 0 Å². The summed E-state index contributed by atoms with van der Waals surface area (Å²) in [6.45, 7) is 2.26. The molecule has 0 spiro atoms. The van der Waals surface area contributed by atoms with Crippen molar-refractivity contribution in [2.45, 2.75) is 6.92 Å². The fraction of sp³-hybridized carbons (Fsp3) is 0.250. The van der Waals surface area contributed by atoms with Crippen LogP contribution in [0.5, 0.6) is 5.75 Å². The lowest BCUT2D eigenvalue weighted by molar-refractivity contribution is -0.385. The zero-order valence-corrected chi connectivity index (χ0v) is 10.6. The summed E-state index contributed by atoms with van der Waals surface area (Å²) in [5, 5.41) is 13.2. The van der Waals surface area contributed by atoms with E-state index in [2.05, 4.69) is 5.32 Å². The summed E-state index contributed by atoms with van der Waals surface area (Å²) in [5.41, 5.74) is 0.235. The number of benzene rings is 1. The van der Waals surface area contributed by atoms with Gasteiger partial charge in [-0.05, 0) is 13.0 Å². The van der Waals surface area contributed by atoms with Gasteiger partial charge in [0.25, 0.3) is 5.91 Å². The molecule has 0 aliphatic rings. The molecule has 1 aromatic rings. The maximum absolute atomic E-state index is 11.5. The molecule has 0 saturated carbocycles. The number of carbonyl (C=O) groups is 1. The highest BCUT2D eigenvalue weighted by Crippen LogP contribution is 2.29. The molecule has 19 heavy (non-hydrogen) atoms. The molecular weight excluding hydrogens is 252 g/mol. The molecule has 1 amide bonds. The number of nitro benzene ring substituents is 1. The predicted molar refractivity (Wildman–Crippen MR) is 69.0 cm³/mol. The van der Waals surface area contributed by atoms with Crippen LogP contribution in [0.4, 0.5) is 11.4 Å². The average molecular weight is 266 g/mol. The lowest BCUT2D eigenvalue weighted by Gasteiger charge is -2.05. The van der Waals surface area contributed by atoms with Crippen LogP contribution in [-0.2, 0) is 9.53 Å². The zero-order valence-electron chi connectivity index (χ0n) is 10.6. The van der Waals surface area contributed by atoms with E-state index in [9.17, 15) is 14.9 Å². The molecule has 0 atom stereocenters. The van der Waals surface area contributed by atoms with Crippen molar-refractivity contribution >= 4 is 17.3 Å². The molecule has 0 aliphatic heterocycles. The van der Waals surface area contributed by atoms with E-state index < -0.39 is 10.8 Å². The summed E-state index contributed by atoms with van der Waals surface area (Å²) in [5.74, 6) is -0.319. The van der Waals surface area contributed by atoms with Gasteiger partial charge in [-0.1, -0.05) is 0 Å². The summed E-state index contributed by atoms with van der Waals surface area (Å²) in [6, 6.07) is 4.07. The minimum atomic E-state index is -0.556. The Morgan fingerprint density at radius 3 is 2.84 bits per heavy atom. The minimum absolute atomic E-state index is 0.0802. The lowest BCUT2D eigenvalue weighted by Crippen LogP contribution is -2.08. The van der Waals surface area contributed by atoms with E-state index in [1.807, 2.05) is 0 Å². The Labute approximate surface area is 110 Å². The average Bonchev–Trinajstić information content (AvgIpc) is 2.38. The summed E-state index contributed by atoms with van der Waals surface area (Å²) in [6.07, 6.45) is 2.50. The maximum Gasteiger partial charge on any atom is 0.311 e. The monoisotopic (exact) mass is 266 g/mol. The smallest absolute Gasteiger partial charge is 0.311 e. The van der Waals surface area contributed by atoms with Crippen molar-refractivity contribution in [3.05, 3.63) is 40.7 Å². The molecule has 0 saturated heterocycles. The van der Waals surface area contributed by atoms with Crippen molar-refractivity contribution in [1.82, 2.24) is 0 Å². The molecule has 1 N–H and O–H groups in total. The van der Waals surface area contributed by atoms with Crippen LogP contribution in [0.2, 0.25) is 0 Å². The topological polar surface area (TPSA) is 90.7 Å². The Morgan fingerprint density at radius 1 is 1.53 bits per heavy atom. The highest BCUT2D eigenvalue weighted by atomic mass is 16.6. The molecule has 1 rings (SSSR count). The van der Waals surface area contributed by atoms with Crippen LogP contribution in [0.25, 0.3) is 0 Å². The number of ether oxygens (including phenoxy) is 2. The second-order valence-electron chi connectivity index (χ2n) is 3.39. The number of hydrogen-bond acceptors (Lipinski definition) is 5. The number of amides is 1. The fourth-order valence-electron chi connectivity index (χ4n) is 1.30. The largest absolute Gasteiger partial charge is 0.501 e. The predicted octanol–water partition coefficient (Wildman–Crippen LogP) is 2.09. The molecule has 7 heteroatoms. The van der Waals surface area contributed by atoms with Gasteiger partial charge in [-0.3, -0.25) is 14.9 Å². The van der Waals surface area contributed by atoms with Gasteiger partial charge in [-0.2, -0.15) is 0 Å². The van der Waals surface area contributed by atoms with E-state index in [0.29, 0.717) is 12.3 Å². The number of carbonyl (C=O) groups excluding carboxylic acids is 1. The second-order valence-corrected chi connectivity index (χ2v) is 3.39. The first-order valence-electron chi connectivity index (χ1n) is 5.50. The molecule has 1 aromatic carbocycles. The number of methoxy groups -OCH3 is 1. The third-order valence-electron chi connectivity index (χ3n) is 2.13. The third kappa shape index (κ3) is 4.30. The van der Waals surface area contributed by atoms with Crippen LogP contribution >= 0.6 is 0 Å². The van der Waals surface area contributed by atoms with Crippen LogP contribution < -0.4 is 10.1 Å². The van der Waals surface area contributed by atoms with Gasteiger partial charge in [0.15, 0.2) is 5.75 Å². The highest BCUT2D eigenvalue weighted by molar-refractivity contribution is 5.99. The molecule has 0 radical (unpaired) electrons. The normalized spacial score (nSPS) is 10.2. The number of nitrogens with zero attached hydrogens (tertiary/aromatic N) is 1. The van der Waals surface area contributed by atoms with Crippen molar-refractivity contribution in [3.8, 4) is 5.75 Å². The molecule has 0 heterocycles. The number of hydrogen-bond donors (Lipinski definition) is 1. The molecule has 0 unspecified atom stereocenters. The van der Waals surface area contributed by atoms with Gasteiger partial charge in [0.1, 0.15) is 0 Å². The summed E-state index contributed by atoms with van der Waals surface area (Å²) in [4.78, 5) is 21.6. The Kier molecular flexibility index (Phi) is 5.34. The number of nitrogens with one attached hydrogen (secondary N) is 1. The van der Waals surface area contributed by atoms with Crippen LogP contribution in [0.15, 0.2) is 30.5 Å². The van der Waals surface area contributed by atoms with Gasteiger partial charge in [-0.25, -0.2) is 0 Å². The van der Waals surface area contributed by atoms with E-state index in [1.54, 1.807) is 6.92 Å². The molecular formula is C12H14N2O5. The van der Waals surface area contributed by atoms with E-state index in [1.165, 1.54) is 37.6 Å². The van der Waals surface area contributed by atoms with Crippen molar-refractivity contribution in [2.24, 2.45) is 0 Å². The third-order valence-corrected chi connectivity index (χ3v) is 2.13. The molecule has 7 nitrogen and oxygen atoms in total. The summed E-state index contributed by atoms with van der Waals surface area (Å²) >= 11 is 0. The Balaban J connectivity index is 2.80. The molecule has 102 valence electrons. The van der Waals surface area contributed by atoms with Gasteiger partial charge in [-0.15, -0.1) is 0 Å². The lowest BCUT2D eigenvalue weighted by atomic mass is 10.2. The number of anilines is 1. The minimum Gasteiger partial charge on any atom is -0.501 e.